The Kier molecular flexibility index (Phi) is 13.2. The zero-order valence-corrected chi connectivity index (χ0v) is 34.8. The van der Waals surface area contributed by atoms with Crippen LogP contribution in [0.15, 0.2) is 66.0 Å². The van der Waals surface area contributed by atoms with Gasteiger partial charge in [0.2, 0.25) is 5.95 Å². The van der Waals surface area contributed by atoms with Crippen molar-refractivity contribution in [2.45, 2.75) is 73.9 Å². The summed E-state index contributed by atoms with van der Waals surface area (Å²) in [5.74, 6) is -4.03. The Morgan fingerprint density at radius 3 is 2.48 bits per heavy atom. The van der Waals surface area contributed by atoms with Crippen molar-refractivity contribution >= 4 is 46.0 Å². The number of halogens is 8. The van der Waals surface area contributed by atoms with Crippen LogP contribution in [0.3, 0.4) is 0 Å². The summed E-state index contributed by atoms with van der Waals surface area (Å²) in [5, 5.41) is 14.1. The third kappa shape index (κ3) is 10.5. The molecule has 0 saturated carbocycles. The molecule has 2 saturated heterocycles. The first kappa shape index (κ1) is 45.5. The molecule has 23 heteroatoms. The Balaban J connectivity index is 0.957. The summed E-state index contributed by atoms with van der Waals surface area (Å²) in [7, 11) is 1.51. The number of benzene rings is 2. The predicted molar refractivity (Wildman–Crippen MR) is 216 cm³/mol. The van der Waals surface area contributed by atoms with Gasteiger partial charge in [-0.3, -0.25) is 19.2 Å². The highest BCUT2D eigenvalue weighted by Crippen LogP contribution is 2.42. The van der Waals surface area contributed by atoms with E-state index in [2.05, 4.69) is 30.8 Å². The summed E-state index contributed by atoms with van der Waals surface area (Å²) in [6.07, 6.45) is -5.49. The fraction of sp³-hybridized carbons (Fsp3) is 0.450. The Bertz CT molecular complexity index is 2470. The Morgan fingerprint density at radius 2 is 1.79 bits per heavy atom. The second-order valence-corrected chi connectivity index (χ2v) is 16.9. The van der Waals surface area contributed by atoms with E-state index in [0.717, 1.165) is 12.4 Å². The summed E-state index contributed by atoms with van der Waals surface area (Å²) in [4.78, 5) is 34.9. The molecule has 2 N–H and O–H groups in total. The number of likely N-dealkylation sites (tertiary alicyclic amines) is 1. The van der Waals surface area contributed by atoms with Gasteiger partial charge in [-0.2, -0.15) is 36.5 Å². The fourth-order valence-corrected chi connectivity index (χ4v) is 9.28. The van der Waals surface area contributed by atoms with E-state index in [1.807, 2.05) is 0 Å². The quantitative estimate of drug-likeness (QED) is 0.0967. The first-order valence-corrected chi connectivity index (χ1v) is 21.0. The summed E-state index contributed by atoms with van der Waals surface area (Å²) in [6.45, 7) is -0.699. The fourth-order valence-electron chi connectivity index (χ4n) is 7.99. The van der Waals surface area contributed by atoms with E-state index in [4.69, 9.17) is 0 Å². The van der Waals surface area contributed by atoms with Crippen LogP contribution in [0.4, 0.5) is 51.7 Å². The van der Waals surface area contributed by atoms with Crippen molar-refractivity contribution in [1.82, 2.24) is 44.1 Å². The number of aldehydes is 1. The number of rotatable bonds is 13. The highest BCUT2D eigenvalue weighted by molar-refractivity contribution is 7.82. The van der Waals surface area contributed by atoms with Crippen molar-refractivity contribution in [2.24, 2.45) is 7.05 Å². The van der Waals surface area contributed by atoms with E-state index < -0.39 is 65.6 Å². The van der Waals surface area contributed by atoms with Crippen molar-refractivity contribution in [3.8, 4) is 11.3 Å². The maximum Gasteiger partial charge on any atom is 0.419 e. The molecule has 0 bridgehead atoms. The highest BCUT2D eigenvalue weighted by atomic mass is 32.2. The van der Waals surface area contributed by atoms with Gasteiger partial charge in [0.15, 0.2) is 5.82 Å². The predicted octanol–water partition coefficient (Wildman–Crippen LogP) is 6.77. The molecule has 338 valence electrons. The molecule has 2 unspecified atom stereocenters. The van der Waals surface area contributed by atoms with Gasteiger partial charge in [0.1, 0.15) is 29.4 Å². The number of nitrogens with zero attached hydrogens (tertiary/aromatic N) is 9. The molecule has 0 radical (unpaired) electrons. The molecule has 5 heterocycles. The molecule has 2 amide bonds. The maximum atomic E-state index is 16.0. The van der Waals surface area contributed by atoms with E-state index in [1.54, 1.807) is 58.7 Å². The van der Waals surface area contributed by atoms with Crippen molar-refractivity contribution < 1.29 is 48.9 Å². The Hall–Kier alpha value is -5.55. The number of hydrogen-bond donors (Lipinski definition) is 2. The van der Waals surface area contributed by atoms with Crippen LogP contribution in [-0.4, -0.2) is 113 Å². The van der Waals surface area contributed by atoms with Crippen LogP contribution in [0.1, 0.15) is 48.3 Å². The topological polar surface area (TPSA) is 146 Å². The third-order valence-electron chi connectivity index (χ3n) is 11.0. The molecule has 63 heavy (non-hydrogen) atoms. The Labute approximate surface area is 358 Å². The molecule has 2 aliphatic rings. The lowest BCUT2D eigenvalue weighted by Gasteiger charge is -2.38. The number of amides is 2. The van der Waals surface area contributed by atoms with Crippen LogP contribution >= 0.6 is 0 Å². The number of anilines is 2. The third-order valence-corrected chi connectivity index (χ3v) is 12.5. The second kappa shape index (κ2) is 18.3. The number of aromatic nitrogens is 6. The van der Waals surface area contributed by atoms with Crippen LogP contribution in [-0.2, 0) is 42.1 Å². The molecular formula is C40H43F8N11O3S. The summed E-state index contributed by atoms with van der Waals surface area (Å²) >= 11 is 0. The van der Waals surface area contributed by atoms with Gasteiger partial charge in [0.25, 0.3) is 5.92 Å². The van der Waals surface area contributed by atoms with Crippen LogP contribution in [0.25, 0.3) is 22.2 Å². The van der Waals surface area contributed by atoms with E-state index in [1.165, 1.54) is 16.6 Å². The number of carbonyl (C=O) groups is 2. The molecule has 7 rings (SSSR count). The van der Waals surface area contributed by atoms with Gasteiger partial charge in [-0.25, -0.2) is 32.1 Å². The first-order chi connectivity index (χ1) is 29.8. The van der Waals surface area contributed by atoms with Gasteiger partial charge in [0, 0.05) is 76.1 Å². The van der Waals surface area contributed by atoms with Gasteiger partial charge in [-0.15, -0.1) is 0 Å². The van der Waals surface area contributed by atoms with Gasteiger partial charge < -0.3 is 15.4 Å². The van der Waals surface area contributed by atoms with Gasteiger partial charge in [-0.05, 0) is 61.2 Å². The molecule has 0 spiro atoms. The monoisotopic (exact) mass is 909 g/mol. The number of fused-ring (bicyclic) bond motifs is 1. The van der Waals surface area contributed by atoms with E-state index >= 15 is 8.78 Å². The van der Waals surface area contributed by atoms with E-state index in [9.17, 15) is 40.1 Å². The van der Waals surface area contributed by atoms with Crippen LogP contribution in [0, 0.1) is 0 Å². The summed E-state index contributed by atoms with van der Waals surface area (Å²) in [6, 6.07) is 11.1. The maximum absolute atomic E-state index is 16.0. The van der Waals surface area contributed by atoms with Crippen LogP contribution < -0.4 is 15.5 Å². The molecule has 2 atom stereocenters. The largest absolute Gasteiger partial charge is 0.419 e. The lowest BCUT2D eigenvalue weighted by atomic mass is 9.85. The highest BCUT2D eigenvalue weighted by Gasteiger charge is 2.45. The molecule has 3 aromatic heterocycles. The summed E-state index contributed by atoms with van der Waals surface area (Å²) < 4.78 is 129. The zero-order valence-electron chi connectivity index (χ0n) is 34.0. The van der Waals surface area contributed by atoms with E-state index in [-0.39, 0.29) is 43.5 Å². The minimum absolute atomic E-state index is 0.0905. The number of urea groups is 1. The average molecular weight is 910 g/mol. The van der Waals surface area contributed by atoms with Crippen LogP contribution in [0.5, 0.6) is 0 Å². The molecule has 5 aromatic rings. The standard InChI is InChI=1S/C40H43F8N11O3S/c1-49-37(61)59(12-4-16-60)35-30-8-7-26(18-33(30)55(2)54-35)31-11-13-56(23-38(31,41)42)21-25-5-3-6-29(17-25)63(62)58-14-9-28(10-15-58)52-36-50-20-32(40(46,47)48)34(53-36)27-19-51-57(22-27)24-39(43,44)45/h3,5-8,16-20,22,28,31H,4,9-15,21,23-24H2,1-2H3,(H,49,61)(H,50,52,53). The molecule has 14 nitrogen and oxygen atoms in total. The van der Waals surface area contributed by atoms with Gasteiger partial charge in [-0.1, -0.05) is 18.2 Å². The molecule has 2 aromatic carbocycles. The normalized spacial score (nSPS) is 18.3. The minimum Gasteiger partial charge on any atom is -0.351 e. The first-order valence-electron chi connectivity index (χ1n) is 19.9. The zero-order chi connectivity index (χ0) is 45.3. The van der Waals surface area contributed by atoms with Crippen molar-refractivity contribution in [1.29, 1.82) is 0 Å². The number of alkyl halides is 8. The number of piperidine rings is 2. The lowest BCUT2D eigenvalue weighted by molar-refractivity contribution is -0.142. The number of carbonyl (C=O) groups excluding carboxylic acids is 2. The second-order valence-electron chi connectivity index (χ2n) is 15.4. The lowest BCUT2D eigenvalue weighted by Crippen LogP contribution is -2.47. The number of hydrogen-bond acceptors (Lipinski definition) is 9. The van der Waals surface area contributed by atoms with Crippen molar-refractivity contribution in [3.63, 3.8) is 0 Å². The molecule has 2 fully saturated rings. The van der Waals surface area contributed by atoms with Crippen molar-refractivity contribution in [2.75, 3.05) is 50.0 Å². The van der Waals surface area contributed by atoms with E-state index in [0.29, 0.717) is 82.4 Å². The molecule has 2 aliphatic heterocycles. The van der Waals surface area contributed by atoms with Crippen LogP contribution in [0.2, 0.25) is 0 Å². The summed E-state index contributed by atoms with van der Waals surface area (Å²) in [5.41, 5.74) is -0.430. The molecule has 0 aliphatic carbocycles. The van der Waals surface area contributed by atoms with Gasteiger partial charge in [0.05, 0.1) is 34.8 Å². The van der Waals surface area contributed by atoms with Crippen molar-refractivity contribution in [3.05, 3.63) is 77.7 Å². The smallest absolute Gasteiger partial charge is 0.351 e. The average Bonchev–Trinajstić information content (AvgIpc) is 3.82. The molecular weight excluding hydrogens is 867 g/mol. The van der Waals surface area contributed by atoms with Gasteiger partial charge >= 0.3 is 18.4 Å². The number of nitrogens with one attached hydrogen (secondary N) is 2. The number of aryl methyl sites for hydroxylation is 1. The SMILES string of the molecule is CNC(=O)N(CCC=O)c1nn(C)c2cc(C3CCN(Cc4cccc(S(=O)N5CCC(Nc6ncc(C(F)(F)F)c(-c7cnn(CC(F)(F)F)c7)n6)CC5)c4)CC3(F)F)ccc12. The minimum atomic E-state index is -4.89. The Morgan fingerprint density at radius 1 is 1.03 bits per heavy atom.